The molecule has 1 rings (SSSR count). The van der Waals surface area contributed by atoms with E-state index < -0.39 is 16.9 Å². The van der Waals surface area contributed by atoms with Crippen LogP contribution in [0.25, 0.3) is 0 Å². The van der Waals surface area contributed by atoms with Crippen LogP contribution >= 0.6 is 0 Å². The van der Waals surface area contributed by atoms with E-state index in [0.29, 0.717) is 12.0 Å². The maximum Gasteiger partial charge on any atom is 0.270 e. The third-order valence-electron chi connectivity index (χ3n) is 2.40. The summed E-state index contributed by atoms with van der Waals surface area (Å²) in [4.78, 5) is 21.9. The fourth-order valence-electron chi connectivity index (χ4n) is 1.47. The molecule has 0 radical (unpaired) electrons. The van der Waals surface area contributed by atoms with E-state index in [1.165, 1.54) is 12.1 Å². The number of nitrogens with zero attached hydrogens (tertiary/aromatic N) is 2. The van der Waals surface area contributed by atoms with Gasteiger partial charge in [-0.3, -0.25) is 14.9 Å². The number of carbonyl (C=O) groups excluding carboxylic acids is 1. The number of rotatable bonds is 4. The van der Waals surface area contributed by atoms with Crippen LogP contribution < -0.4 is 5.32 Å². The van der Waals surface area contributed by atoms with Gasteiger partial charge in [0, 0.05) is 17.7 Å². The quantitative estimate of drug-likeness (QED) is 0.649. The smallest absolute Gasteiger partial charge is 0.270 e. The Kier molecular flexibility index (Phi) is 4.38. The van der Waals surface area contributed by atoms with Crippen molar-refractivity contribution in [2.45, 2.75) is 26.3 Å². The highest BCUT2D eigenvalue weighted by molar-refractivity contribution is 5.95. The standard InChI is InChI=1S/C12H13N3O3/c1-3-10(7-13)14-12(16)9-4-8(2)5-11(6-9)15(17)18/h4-6,10H,3H2,1-2H3,(H,14,16). The highest BCUT2D eigenvalue weighted by atomic mass is 16.6. The molecule has 1 aromatic carbocycles. The maximum absolute atomic E-state index is 11.8. The summed E-state index contributed by atoms with van der Waals surface area (Å²) in [6.45, 7) is 3.44. The van der Waals surface area contributed by atoms with Crippen molar-refractivity contribution in [3.63, 3.8) is 0 Å². The minimum Gasteiger partial charge on any atom is -0.336 e. The third kappa shape index (κ3) is 3.28. The zero-order chi connectivity index (χ0) is 13.7. The van der Waals surface area contributed by atoms with E-state index in [2.05, 4.69) is 5.32 Å². The fourth-order valence-corrected chi connectivity index (χ4v) is 1.47. The second kappa shape index (κ2) is 5.77. The summed E-state index contributed by atoms with van der Waals surface area (Å²) < 4.78 is 0. The predicted molar refractivity (Wildman–Crippen MR) is 65.0 cm³/mol. The lowest BCUT2D eigenvalue weighted by atomic mass is 10.1. The van der Waals surface area contributed by atoms with Gasteiger partial charge in [-0.2, -0.15) is 5.26 Å². The van der Waals surface area contributed by atoms with Crippen molar-refractivity contribution in [2.75, 3.05) is 0 Å². The minimum absolute atomic E-state index is 0.134. The third-order valence-corrected chi connectivity index (χ3v) is 2.40. The second-order valence-electron chi connectivity index (χ2n) is 3.88. The zero-order valence-electron chi connectivity index (χ0n) is 10.1. The predicted octanol–water partition coefficient (Wildman–Crippen LogP) is 1.94. The topological polar surface area (TPSA) is 96.0 Å². The number of amides is 1. The van der Waals surface area contributed by atoms with Gasteiger partial charge in [0.25, 0.3) is 11.6 Å². The Hall–Kier alpha value is -2.42. The molecule has 18 heavy (non-hydrogen) atoms. The number of carbonyl (C=O) groups is 1. The lowest BCUT2D eigenvalue weighted by Gasteiger charge is -2.09. The Morgan fingerprint density at radius 3 is 2.72 bits per heavy atom. The van der Waals surface area contributed by atoms with E-state index in [1.54, 1.807) is 19.9 Å². The summed E-state index contributed by atoms with van der Waals surface area (Å²) in [5.74, 6) is -0.477. The summed E-state index contributed by atoms with van der Waals surface area (Å²) >= 11 is 0. The van der Waals surface area contributed by atoms with Crippen molar-refractivity contribution in [3.8, 4) is 6.07 Å². The Labute approximate surface area is 104 Å². The van der Waals surface area contributed by atoms with Crippen LogP contribution in [-0.2, 0) is 0 Å². The second-order valence-corrected chi connectivity index (χ2v) is 3.88. The van der Waals surface area contributed by atoms with Gasteiger partial charge in [0.1, 0.15) is 6.04 Å². The number of non-ortho nitro benzene ring substituents is 1. The molecule has 0 aliphatic heterocycles. The summed E-state index contributed by atoms with van der Waals surface area (Å²) in [6.07, 6.45) is 0.482. The van der Waals surface area contributed by atoms with E-state index in [4.69, 9.17) is 5.26 Å². The molecule has 0 saturated carbocycles. The molecule has 1 atom stereocenters. The van der Waals surface area contributed by atoms with Crippen molar-refractivity contribution >= 4 is 11.6 Å². The largest absolute Gasteiger partial charge is 0.336 e. The Balaban J connectivity index is 2.99. The summed E-state index contributed by atoms with van der Waals surface area (Å²) in [6, 6.07) is 5.49. The SMILES string of the molecule is CCC(C#N)NC(=O)c1cc(C)cc([N+](=O)[O-])c1. The molecule has 0 fully saturated rings. The monoisotopic (exact) mass is 247 g/mol. The van der Waals surface area contributed by atoms with Crippen molar-refractivity contribution < 1.29 is 9.72 Å². The molecule has 1 aromatic rings. The van der Waals surface area contributed by atoms with Crippen molar-refractivity contribution in [2.24, 2.45) is 0 Å². The highest BCUT2D eigenvalue weighted by Gasteiger charge is 2.15. The van der Waals surface area contributed by atoms with Crippen LogP contribution in [0.2, 0.25) is 0 Å². The van der Waals surface area contributed by atoms with Crippen molar-refractivity contribution in [1.82, 2.24) is 5.32 Å². The van der Waals surface area contributed by atoms with Crippen molar-refractivity contribution in [3.05, 3.63) is 39.4 Å². The van der Waals surface area contributed by atoms with E-state index in [-0.39, 0.29) is 11.3 Å². The van der Waals surface area contributed by atoms with Crippen LogP contribution in [0.15, 0.2) is 18.2 Å². The molecule has 6 nitrogen and oxygen atoms in total. The first-order valence-electron chi connectivity index (χ1n) is 5.44. The van der Waals surface area contributed by atoms with Gasteiger partial charge < -0.3 is 5.32 Å². The first-order chi connectivity index (χ1) is 8.47. The van der Waals surface area contributed by atoms with Gasteiger partial charge in [-0.15, -0.1) is 0 Å². The first kappa shape index (κ1) is 13.6. The molecule has 0 aliphatic carbocycles. The van der Waals surface area contributed by atoms with E-state index in [1.807, 2.05) is 6.07 Å². The van der Waals surface area contributed by atoms with Crippen LogP contribution in [0.5, 0.6) is 0 Å². The molecule has 1 N–H and O–H groups in total. The number of nitro groups is 1. The average molecular weight is 247 g/mol. The molecule has 1 amide bonds. The fraction of sp³-hybridized carbons (Fsp3) is 0.333. The Bertz CT molecular complexity index is 520. The zero-order valence-corrected chi connectivity index (χ0v) is 10.1. The van der Waals surface area contributed by atoms with Gasteiger partial charge in [0.15, 0.2) is 0 Å². The molecule has 0 aliphatic rings. The van der Waals surface area contributed by atoms with Gasteiger partial charge >= 0.3 is 0 Å². The van der Waals surface area contributed by atoms with Gasteiger partial charge in [-0.1, -0.05) is 6.92 Å². The molecular formula is C12H13N3O3. The number of benzene rings is 1. The molecule has 6 heteroatoms. The Morgan fingerprint density at radius 1 is 1.56 bits per heavy atom. The highest BCUT2D eigenvalue weighted by Crippen LogP contribution is 2.16. The number of hydrogen-bond acceptors (Lipinski definition) is 4. The number of nitro benzene ring substituents is 1. The molecule has 0 saturated heterocycles. The molecule has 0 heterocycles. The minimum atomic E-state index is -0.586. The number of hydrogen-bond donors (Lipinski definition) is 1. The lowest BCUT2D eigenvalue weighted by Crippen LogP contribution is -2.33. The summed E-state index contributed by atoms with van der Waals surface area (Å²) in [5, 5.41) is 21.9. The van der Waals surface area contributed by atoms with E-state index >= 15 is 0 Å². The number of aryl methyl sites for hydroxylation is 1. The molecule has 0 spiro atoms. The van der Waals surface area contributed by atoms with Crippen LogP contribution in [0, 0.1) is 28.4 Å². The number of nitriles is 1. The van der Waals surface area contributed by atoms with Crippen LogP contribution in [0.3, 0.4) is 0 Å². The van der Waals surface area contributed by atoms with Crippen LogP contribution in [-0.4, -0.2) is 16.9 Å². The molecule has 0 bridgehead atoms. The Morgan fingerprint density at radius 2 is 2.22 bits per heavy atom. The van der Waals surface area contributed by atoms with E-state index in [9.17, 15) is 14.9 Å². The average Bonchev–Trinajstić information content (AvgIpc) is 2.34. The van der Waals surface area contributed by atoms with Crippen molar-refractivity contribution in [1.29, 1.82) is 5.26 Å². The van der Waals surface area contributed by atoms with Crippen LogP contribution in [0.4, 0.5) is 5.69 Å². The molecule has 94 valence electrons. The maximum atomic E-state index is 11.8. The van der Waals surface area contributed by atoms with Crippen LogP contribution in [0.1, 0.15) is 29.3 Å². The summed E-state index contributed by atoms with van der Waals surface area (Å²) in [7, 11) is 0. The molecular weight excluding hydrogens is 234 g/mol. The van der Waals surface area contributed by atoms with Gasteiger partial charge in [-0.05, 0) is 25.0 Å². The van der Waals surface area contributed by atoms with Gasteiger partial charge in [0.05, 0.1) is 11.0 Å². The van der Waals surface area contributed by atoms with Gasteiger partial charge in [-0.25, -0.2) is 0 Å². The normalized spacial score (nSPS) is 11.4. The summed E-state index contributed by atoms with van der Waals surface area (Å²) in [5.41, 5.74) is 0.680. The van der Waals surface area contributed by atoms with Gasteiger partial charge in [0.2, 0.25) is 0 Å². The number of nitrogens with one attached hydrogen (secondary N) is 1. The lowest BCUT2D eigenvalue weighted by molar-refractivity contribution is -0.384. The van der Waals surface area contributed by atoms with E-state index in [0.717, 1.165) is 0 Å². The first-order valence-corrected chi connectivity index (χ1v) is 5.44. The molecule has 0 aromatic heterocycles. The molecule has 1 unspecified atom stereocenters.